The van der Waals surface area contributed by atoms with Gasteiger partial charge in [0.15, 0.2) is 0 Å². The van der Waals surface area contributed by atoms with E-state index in [9.17, 15) is 27.6 Å². The molecular formula is C32H41F3N4O4S. The van der Waals surface area contributed by atoms with Crippen LogP contribution in [0, 0.1) is 17.8 Å². The fraction of sp³-hybridized carbons (Fsp3) is 0.625. The quantitative estimate of drug-likeness (QED) is 0.365. The average Bonchev–Trinajstić information content (AvgIpc) is 3.28. The van der Waals surface area contributed by atoms with E-state index in [1.165, 1.54) is 17.8 Å². The van der Waals surface area contributed by atoms with Crippen LogP contribution < -0.4 is 10.6 Å². The molecule has 1 aromatic rings. The first-order valence-electron chi connectivity index (χ1n) is 15.6. The van der Waals surface area contributed by atoms with Crippen molar-refractivity contribution in [2.24, 2.45) is 22.7 Å². The molecule has 6 atom stereocenters. The molecule has 1 unspecified atom stereocenters. The van der Waals surface area contributed by atoms with Crippen LogP contribution in [0.15, 0.2) is 35.3 Å². The summed E-state index contributed by atoms with van der Waals surface area (Å²) in [4.78, 5) is 46.5. The summed E-state index contributed by atoms with van der Waals surface area (Å²) >= 11 is 1.47. The summed E-state index contributed by atoms with van der Waals surface area (Å²) in [5.74, 6) is -1.48. The lowest BCUT2D eigenvalue weighted by atomic mass is 9.92. The zero-order valence-corrected chi connectivity index (χ0v) is 26.2. The van der Waals surface area contributed by atoms with Gasteiger partial charge in [0.05, 0.1) is 29.6 Å². The Labute approximate surface area is 260 Å². The molecule has 3 amide bonds. The van der Waals surface area contributed by atoms with Gasteiger partial charge in [-0.1, -0.05) is 26.0 Å². The number of aliphatic imine (C=N–C) groups is 1. The van der Waals surface area contributed by atoms with Crippen molar-refractivity contribution in [1.82, 2.24) is 10.2 Å². The predicted octanol–water partition coefficient (Wildman–Crippen LogP) is 6.40. The van der Waals surface area contributed by atoms with Crippen molar-refractivity contribution in [1.29, 1.82) is 0 Å². The lowest BCUT2D eigenvalue weighted by Gasteiger charge is -2.26. The van der Waals surface area contributed by atoms with Crippen molar-refractivity contribution in [2.75, 3.05) is 25.5 Å². The first kappa shape index (κ1) is 32.4. The molecule has 12 heteroatoms. The number of nitrogens with one attached hydrogen (secondary N) is 2. The van der Waals surface area contributed by atoms with Gasteiger partial charge in [-0.15, -0.1) is 11.8 Å². The van der Waals surface area contributed by atoms with Gasteiger partial charge < -0.3 is 15.0 Å². The number of nitrogens with zero attached hydrogens (tertiary/aromatic N) is 2. The monoisotopic (exact) mass is 634 g/mol. The summed E-state index contributed by atoms with van der Waals surface area (Å²) in [5.41, 5.74) is -0.883. The van der Waals surface area contributed by atoms with Gasteiger partial charge in [0.1, 0.15) is 11.1 Å². The first-order chi connectivity index (χ1) is 20.9. The van der Waals surface area contributed by atoms with Gasteiger partial charge in [-0.3, -0.25) is 19.9 Å². The van der Waals surface area contributed by atoms with Gasteiger partial charge in [0.25, 0.3) is 0 Å². The number of benzene rings is 1. The predicted molar refractivity (Wildman–Crippen MR) is 165 cm³/mol. The number of halogens is 3. The van der Waals surface area contributed by atoms with E-state index in [0.717, 1.165) is 50.7 Å². The van der Waals surface area contributed by atoms with Gasteiger partial charge in [-0.2, -0.15) is 13.2 Å². The molecule has 0 bridgehead atoms. The van der Waals surface area contributed by atoms with Crippen molar-refractivity contribution >= 4 is 40.4 Å². The minimum absolute atomic E-state index is 0.0456. The second kappa shape index (κ2) is 13.1. The van der Waals surface area contributed by atoms with E-state index in [4.69, 9.17) is 4.74 Å². The highest BCUT2D eigenvalue weighted by atomic mass is 32.2. The number of rotatable bonds is 5. The third kappa shape index (κ3) is 7.10. The summed E-state index contributed by atoms with van der Waals surface area (Å²) in [6, 6.07) is 3.19. The van der Waals surface area contributed by atoms with Gasteiger partial charge in [0, 0.05) is 35.9 Å². The number of thioether (sulfide) groups is 1. The molecule has 2 saturated carbocycles. The van der Waals surface area contributed by atoms with Crippen molar-refractivity contribution in [3.8, 4) is 0 Å². The Balaban J connectivity index is 1.33. The van der Waals surface area contributed by atoms with Crippen LogP contribution in [0.3, 0.4) is 0 Å². The molecule has 2 aliphatic carbocycles. The minimum Gasteiger partial charge on any atom is -0.446 e. The molecule has 0 spiro atoms. The van der Waals surface area contributed by atoms with E-state index >= 15 is 0 Å². The van der Waals surface area contributed by atoms with E-state index in [-0.39, 0.29) is 47.1 Å². The lowest BCUT2D eigenvalue weighted by molar-refractivity contribution is -0.140. The number of allylic oxidation sites excluding steroid dienone is 1. The van der Waals surface area contributed by atoms with E-state index < -0.39 is 35.8 Å². The van der Waals surface area contributed by atoms with Crippen LogP contribution in [0.4, 0.5) is 23.7 Å². The highest BCUT2D eigenvalue weighted by molar-refractivity contribution is 8.15. The van der Waals surface area contributed by atoms with E-state index in [2.05, 4.69) is 27.8 Å². The molecule has 1 aromatic carbocycles. The van der Waals surface area contributed by atoms with Gasteiger partial charge in [-0.05, 0) is 69.6 Å². The van der Waals surface area contributed by atoms with Gasteiger partial charge in [-0.25, -0.2) is 4.79 Å². The highest BCUT2D eigenvalue weighted by Gasteiger charge is 2.54. The number of hydrogen-bond acceptors (Lipinski definition) is 6. The maximum absolute atomic E-state index is 13.6. The third-order valence-electron chi connectivity index (χ3n) is 9.43. The van der Waals surface area contributed by atoms with Crippen molar-refractivity contribution < 1.29 is 32.3 Å². The number of hydrogen-bond donors (Lipinski definition) is 2. The third-order valence-corrected chi connectivity index (χ3v) is 10.8. The van der Waals surface area contributed by atoms with Crippen LogP contribution in [0.5, 0.6) is 0 Å². The summed E-state index contributed by atoms with van der Waals surface area (Å²) in [5, 5.41) is 6.52. The Morgan fingerprint density at radius 3 is 2.68 bits per heavy atom. The molecule has 0 radical (unpaired) electrons. The Bertz CT molecular complexity index is 1330. The Morgan fingerprint density at radius 1 is 1.20 bits per heavy atom. The SMILES string of the molecule is CCC1CN=C(c2ccc(C(F)(F)F)cc2NC(=O)O[C@@H]2C[C@H]3C(=O)N[C@]4(CC)C[C@H]4/C=C\CCCCN(C)C(=O)[C@@H]3C2)S1. The Kier molecular flexibility index (Phi) is 9.67. The summed E-state index contributed by atoms with van der Waals surface area (Å²) in [6.45, 7) is 5.17. The van der Waals surface area contributed by atoms with Crippen LogP contribution in [0.2, 0.25) is 0 Å². The van der Waals surface area contributed by atoms with Crippen molar-refractivity contribution in [3.05, 3.63) is 41.5 Å². The van der Waals surface area contributed by atoms with Crippen LogP contribution >= 0.6 is 11.8 Å². The average molecular weight is 635 g/mol. The standard InChI is InChI=1S/C32H41F3N4O4S/c1-4-22-18-36-28(44-22)23-12-11-19(32(33,34)35)14-26(23)37-30(42)43-21-15-24-25(16-21)29(41)39(3)13-9-7-6-8-10-20-17-31(20,5-2)38-27(24)40/h8,10-12,14,20-22,24-25H,4-7,9,13,15-18H2,1-3H3,(H,37,42)(H,38,40)/b10-8-/t20-,21-,22?,24-,25-,31-/m1/s1. The number of alkyl halides is 3. The van der Waals surface area contributed by atoms with Crippen LogP contribution in [0.25, 0.3) is 0 Å². The molecule has 44 heavy (non-hydrogen) atoms. The fourth-order valence-electron chi connectivity index (χ4n) is 6.56. The lowest BCUT2D eigenvalue weighted by Crippen LogP contribution is -2.45. The molecule has 2 N–H and O–H groups in total. The summed E-state index contributed by atoms with van der Waals surface area (Å²) in [7, 11) is 1.73. The largest absolute Gasteiger partial charge is 0.446 e. The number of amides is 3. The molecule has 2 heterocycles. The number of ether oxygens (including phenoxy) is 1. The fourth-order valence-corrected chi connectivity index (χ4v) is 7.64. The topological polar surface area (TPSA) is 100 Å². The van der Waals surface area contributed by atoms with Gasteiger partial charge >= 0.3 is 12.3 Å². The van der Waals surface area contributed by atoms with Gasteiger partial charge in [0.2, 0.25) is 11.8 Å². The minimum atomic E-state index is -4.60. The Morgan fingerprint density at radius 2 is 1.98 bits per heavy atom. The first-order valence-corrected chi connectivity index (χ1v) is 16.5. The molecule has 0 saturated heterocycles. The molecule has 240 valence electrons. The molecule has 8 nitrogen and oxygen atoms in total. The van der Waals surface area contributed by atoms with E-state index in [1.54, 1.807) is 11.9 Å². The number of anilines is 1. The van der Waals surface area contributed by atoms with Crippen molar-refractivity contribution in [2.45, 2.75) is 88.3 Å². The zero-order chi connectivity index (χ0) is 31.6. The van der Waals surface area contributed by atoms with Crippen molar-refractivity contribution in [3.63, 3.8) is 0 Å². The second-order valence-electron chi connectivity index (χ2n) is 12.4. The molecule has 4 aliphatic rings. The second-order valence-corrected chi connectivity index (χ2v) is 13.7. The summed E-state index contributed by atoms with van der Waals surface area (Å²) in [6.07, 6.45) is 3.55. The van der Waals surface area contributed by atoms with E-state index in [0.29, 0.717) is 23.7 Å². The van der Waals surface area contributed by atoms with Crippen LogP contribution in [-0.2, 0) is 20.5 Å². The number of fused-ring (bicyclic) bond motifs is 2. The molecular weight excluding hydrogens is 593 g/mol. The smallest absolute Gasteiger partial charge is 0.416 e. The molecule has 2 fully saturated rings. The van der Waals surface area contributed by atoms with Crippen LogP contribution in [0.1, 0.15) is 76.3 Å². The van der Waals surface area contributed by atoms with E-state index in [1.807, 2.05) is 13.8 Å². The molecule has 2 aliphatic heterocycles. The highest BCUT2D eigenvalue weighted by Crippen LogP contribution is 2.48. The summed E-state index contributed by atoms with van der Waals surface area (Å²) < 4.78 is 46.4. The maximum Gasteiger partial charge on any atom is 0.416 e. The number of carbonyl (C=O) groups excluding carboxylic acids is 3. The zero-order valence-electron chi connectivity index (χ0n) is 25.4. The maximum atomic E-state index is 13.6. The Hall–Kier alpha value is -3.02. The van der Waals surface area contributed by atoms with Crippen LogP contribution in [-0.4, -0.2) is 64.9 Å². The molecule has 0 aromatic heterocycles. The molecule has 5 rings (SSSR count). The normalized spacial score (nSPS) is 31.7. The number of carbonyl (C=O) groups is 3.